The highest BCUT2D eigenvalue weighted by molar-refractivity contribution is 8.03. The second-order valence-corrected chi connectivity index (χ2v) is 4.41. The van der Waals surface area contributed by atoms with Crippen molar-refractivity contribution in [3.05, 3.63) is 0 Å². The van der Waals surface area contributed by atoms with E-state index < -0.39 is 0 Å². The van der Waals surface area contributed by atoms with Crippen molar-refractivity contribution < 1.29 is 16.9 Å². The Balaban J connectivity index is 0. The van der Waals surface area contributed by atoms with Gasteiger partial charge in [-0.1, -0.05) is 25.1 Å². The van der Waals surface area contributed by atoms with Crippen molar-refractivity contribution in [2.75, 3.05) is 25.4 Å². The van der Waals surface area contributed by atoms with Gasteiger partial charge >= 0.3 is 0 Å². The van der Waals surface area contributed by atoms with E-state index in [4.69, 9.17) is 0 Å². The fourth-order valence-corrected chi connectivity index (χ4v) is 2.10. The second-order valence-electron chi connectivity index (χ2n) is 3.51. The summed E-state index contributed by atoms with van der Waals surface area (Å²) in [6.07, 6.45) is 2.55. The van der Waals surface area contributed by atoms with E-state index in [0.29, 0.717) is 0 Å². The van der Waals surface area contributed by atoms with Gasteiger partial charge in [-0.2, -0.15) is 0 Å². The lowest BCUT2D eigenvalue weighted by molar-refractivity contribution is -0.858. The number of hydrogen-bond acceptors (Lipinski definition) is 1. The number of nitrogens with zero attached hydrogens (tertiary/aromatic N) is 1. The summed E-state index contributed by atoms with van der Waals surface area (Å²) < 4.78 is 0.944. The van der Waals surface area contributed by atoms with Gasteiger partial charge in [-0.05, 0) is 27.2 Å². The maximum Gasteiger partial charge on any atom is 0.149 e. The van der Waals surface area contributed by atoms with E-state index in [2.05, 4.69) is 39.0 Å². The molecular weight excluding hydrogens is 226 g/mol. The van der Waals surface area contributed by atoms with Crippen molar-refractivity contribution in [2.45, 2.75) is 40.5 Å². The molecule has 0 atom stereocenters. The molecule has 0 aliphatic heterocycles. The van der Waals surface area contributed by atoms with Crippen LogP contribution in [0, 0.1) is 11.3 Å². The fraction of sp³-hybridized carbons (Fsp3) is 0.833. The number of hydrogen-bond donors (Lipinski definition) is 0. The summed E-state index contributed by atoms with van der Waals surface area (Å²) in [6.45, 7) is 12.2. The van der Waals surface area contributed by atoms with Crippen LogP contribution in [0.2, 0.25) is 0 Å². The standard InChI is InChI=1S/C12H24NS.ClH/c1-5-9-11-14-12-10-13(6-2,7-3)8-4;/h5-9,11H2,1-4H3;1H/q+1;/p-1. The summed E-state index contributed by atoms with van der Waals surface area (Å²) in [5.41, 5.74) is 0. The average molecular weight is 250 g/mol. The molecule has 0 aromatic rings. The summed E-state index contributed by atoms with van der Waals surface area (Å²) >= 11 is 1.77. The predicted octanol–water partition coefficient (Wildman–Crippen LogP) is 0.319. The molecule has 3 heteroatoms. The Labute approximate surface area is 106 Å². The van der Waals surface area contributed by atoms with E-state index >= 15 is 0 Å². The first kappa shape index (κ1) is 17.6. The first-order chi connectivity index (χ1) is 6.74. The Morgan fingerprint density at radius 2 is 1.53 bits per heavy atom. The minimum atomic E-state index is 0. The van der Waals surface area contributed by atoms with Crippen molar-refractivity contribution in [1.82, 2.24) is 0 Å². The highest BCUT2D eigenvalue weighted by Crippen LogP contribution is 2.06. The van der Waals surface area contributed by atoms with E-state index in [1.165, 1.54) is 18.6 Å². The van der Waals surface area contributed by atoms with Crippen molar-refractivity contribution in [3.8, 4) is 11.3 Å². The van der Waals surface area contributed by atoms with E-state index in [0.717, 1.165) is 24.1 Å². The molecule has 0 radical (unpaired) electrons. The molecule has 0 aromatic heterocycles. The summed E-state index contributed by atoms with van der Waals surface area (Å²) in [5, 5.41) is 3.25. The average Bonchev–Trinajstić information content (AvgIpc) is 2.24. The Kier molecular flexibility index (Phi) is 12.5. The molecule has 0 saturated heterocycles. The molecule has 0 rings (SSSR count). The molecule has 0 aliphatic rings. The van der Waals surface area contributed by atoms with Gasteiger partial charge in [-0.25, -0.2) is 4.48 Å². The van der Waals surface area contributed by atoms with Gasteiger partial charge in [0.25, 0.3) is 0 Å². The van der Waals surface area contributed by atoms with E-state index in [9.17, 15) is 0 Å². The Morgan fingerprint density at radius 3 is 1.93 bits per heavy atom. The van der Waals surface area contributed by atoms with Gasteiger partial charge < -0.3 is 12.4 Å². The van der Waals surface area contributed by atoms with Crippen LogP contribution in [-0.4, -0.2) is 29.9 Å². The van der Waals surface area contributed by atoms with Crippen LogP contribution in [0.5, 0.6) is 0 Å². The second kappa shape index (κ2) is 10.7. The molecule has 0 aromatic carbocycles. The molecule has 1 nitrogen and oxygen atoms in total. The largest absolute Gasteiger partial charge is 1.00 e. The molecule has 0 spiro atoms. The smallest absolute Gasteiger partial charge is 0.149 e. The van der Waals surface area contributed by atoms with Gasteiger partial charge in [0, 0.05) is 11.0 Å². The minimum absolute atomic E-state index is 0. The van der Waals surface area contributed by atoms with Gasteiger partial charge in [-0.3, -0.25) is 0 Å². The maximum absolute atomic E-state index is 3.39. The molecule has 0 heterocycles. The first-order valence-corrected chi connectivity index (χ1v) is 6.73. The topological polar surface area (TPSA) is 0 Å². The normalized spacial score (nSPS) is 10.1. The van der Waals surface area contributed by atoms with Crippen LogP contribution >= 0.6 is 11.8 Å². The minimum Gasteiger partial charge on any atom is -1.00 e. The Hall–Kier alpha value is 0.160. The van der Waals surface area contributed by atoms with Gasteiger partial charge in [0.05, 0.1) is 19.6 Å². The van der Waals surface area contributed by atoms with Gasteiger partial charge in [0.15, 0.2) is 0 Å². The van der Waals surface area contributed by atoms with Crippen LogP contribution in [-0.2, 0) is 0 Å². The van der Waals surface area contributed by atoms with Crippen molar-refractivity contribution in [1.29, 1.82) is 0 Å². The molecule has 0 unspecified atom stereocenters. The zero-order chi connectivity index (χ0) is 10.9. The Morgan fingerprint density at radius 1 is 1.00 bits per heavy atom. The molecule has 15 heavy (non-hydrogen) atoms. The molecule has 0 N–H and O–H groups in total. The van der Waals surface area contributed by atoms with Gasteiger partial charge in [-0.15, -0.1) is 0 Å². The predicted molar refractivity (Wildman–Crippen MR) is 67.0 cm³/mol. The number of quaternary nitrogens is 1. The molecule has 0 amide bonds. The monoisotopic (exact) mass is 249 g/mol. The highest BCUT2D eigenvalue weighted by Gasteiger charge is 2.17. The SMILES string of the molecule is CCCCSC#C[N+](CC)(CC)CC.[Cl-]. The molecule has 0 saturated carbocycles. The summed E-state index contributed by atoms with van der Waals surface area (Å²) in [5.74, 6) is 1.18. The lowest BCUT2D eigenvalue weighted by Gasteiger charge is -2.27. The van der Waals surface area contributed by atoms with Crippen LogP contribution in [0.25, 0.3) is 0 Å². The number of rotatable bonds is 6. The first-order valence-electron chi connectivity index (χ1n) is 5.74. The van der Waals surface area contributed by atoms with Crippen LogP contribution in [0.4, 0.5) is 0 Å². The van der Waals surface area contributed by atoms with Crippen LogP contribution < -0.4 is 12.4 Å². The molecule has 0 aliphatic carbocycles. The zero-order valence-corrected chi connectivity index (χ0v) is 12.0. The molecule has 0 bridgehead atoms. The summed E-state index contributed by atoms with van der Waals surface area (Å²) in [4.78, 5) is 0. The molecule has 90 valence electrons. The van der Waals surface area contributed by atoms with Crippen molar-refractivity contribution in [3.63, 3.8) is 0 Å². The molecular formula is C12H24ClNS. The third-order valence-corrected chi connectivity index (χ3v) is 3.50. The van der Waals surface area contributed by atoms with Gasteiger partial charge in [0.2, 0.25) is 0 Å². The van der Waals surface area contributed by atoms with Crippen molar-refractivity contribution >= 4 is 11.8 Å². The molecule has 0 fully saturated rings. The van der Waals surface area contributed by atoms with Crippen LogP contribution in [0.3, 0.4) is 0 Å². The van der Waals surface area contributed by atoms with Crippen LogP contribution in [0.15, 0.2) is 0 Å². The van der Waals surface area contributed by atoms with Gasteiger partial charge in [0.1, 0.15) is 6.04 Å². The lowest BCUT2D eigenvalue weighted by Crippen LogP contribution is -3.00. The fourth-order valence-electron chi connectivity index (χ4n) is 1.30. The third kappa shape index (κ3) is 7.11. The maximum atomic E-state index is 3.39. The number of halogens is 1. The van der Waals surface area contributed by atoms with Crippen LogP contribution in [0.1, 0.15) is 40.5 Å². The zero-order valence-electron chi connectivity index (χ0n) is 10.5. The third-order valence-electron chi connectivity index (χ3n) is 2.77. The van der Waals surface area contributed by atoms with E-state index in [1.807, 2.05) is 0 Å². The lowest BCUT2D eigenvalue weighted by atomic mass is 10.4. The summed E-state index contributed by atoms with van der Waals surface area (Å²) in [6, 6.07) is 3.39. The number of thioether (sulfide) groups is 1. The Bertz CT molecular complexity index is 183. The quantitative estimate of drug-likeness (QED) is 0.371. The highest BCUT2D eigenvalue weighted by atomic mass is 35.5. The van der Waals surface area contributed by atoms with E-state index in [-0.39, 0.29) is 12.4 Å². The van der Waals surface area contributed by atoms with E-state index in [1.54, 1.807) is 11.8 Å². The summed E-state index contributed by atoms with van der Waals surface area (Å²) in [7, 11) is 0. The van der Waals surface area contributed by atoms with Crippen molar-refractivity contribution in [2.24, 2.45) is 0 Å². The number of unbranched alkanes of at least 4 members (excludes halogenated alkanes) is 1.